The predicted molar refractivity (Wildman–Crippen MR) is 112 cm³/mol. The van der Waals surface area contributed by atoms with Crippen molar-refractivity contribution in [3.05, 3.63) is 65.7 Å². The maximum absolute atomic E-state index is 12.0. The monoisotopic (exact) mass is 395 g/mol. The summed E-state index contributed by atoms with van der Waals surface area (Å²) in [5, 5.41) is 11.4. The fraction of sp³-hybridized carbons (Fsp3) is 0.318. The quantitative estimate of drug-likeness (QED) is 0.597. The Kier molecular flexibility index (Phi) is 6.52. The minimum Gasteiger partial charge on any atom is -0.411 e. The van der Waals surface area contributed by atoms with Gasteiger partial charge in [-0.05, 0) is 35.1 Å². The van der Waals surface area contributed by atoms with Gasteiger partial charge in [-0.3, -0.25) is 4.79 Å². The van der Waals surface area contributed by atoms with Crippen LogP contribution in [0.3, 0.4) is 0 Å². The van der Waals surface area contributed by atoms with Crippen molar-refractivity contribution in [3.8, 4) is 11.5 Å². The van der Waals surface area contributed by atoms with Crippen LogP contribution in [0.15, 0.2) is 64.2 Å². The molecule has 0 radical (unpaired) electrons. The predicted octanol–water partition coefficient (Wildman–Crippen LogP) is 4.49. The molecule has 0 aliphatic rings. The number of carbonyl (C=O) groups excluding carboxylic acids is 1. The second kappa shape index (κ2) is 9.06. The van der Waals surface area contributed by atoms with E-state index in [2.05, 4.69) is 60.6 Å². The molecule has 0 aliphatic carbocycles. The standard InChI is InChI=1S/C22H25N3O2S/c1-22(2,3)18-11-9-17(10-12-18)20-24-25-21(27-20)28-15-19(26)23-14-13-16-7-5-4-6-8-16/h4-12H,13-15H2,1-3H3,(H,23,26). The fourth-order valence-electron chi connectivity index (χ4n) is 2.67. The highest BCUT2D eigenvalue weighted by atomic mass is 32.2. The van der Waals surface area contributed by atoms with Gasteiger partial charge in [0.05, 0.1) is 5.75 Å². The molecule has 146 valence electrons. The minimum absolute atomic E-state index is 0.0461. The summed E-state index contributed by atoms with van der Waals surface area (Å²) in [4.78, 5) is 12.0. The maximum Gasteiger partial charge on any atom is 0.277 e. The molecule has 6 heteroatoms. The number of carbonyl (C=O) groups is 1. The van der Waals surface area contributed by atoms with E-state index < -0.39 is 0 Å². The molecular formula is C22H25N3O2S. The van der Waals surface area contributed by atoms with Crippen LogP contribution in [0, 0.1) is 0 Å². The second-order valence-corrected chi connectivity index (χ2v) is 8.50. The third kappa shape index (κ3) is 5.70. The SMILES string of the molecule is CC(C)(C)c1ccc(-c2nnc(SCC(=O)NCCc3ccccc3)o2)cc1. The van der Waals surface area contributed by atoms with E-state index in [1.54, 1.807) is 0 Å². The molecule has 3 aromatic rings. The van der Waals surface area contributed by atoms with Crippen LogP contribution in [0.25, 0.3) is 11.5 Å². The van der Waals surface area contributed by atoms with E-state index in [0.29, 0.717) is 17.7 Å². The van der Waals surface area contributed by atoms with Crippen LogP contribution in [-0.4, -0.2) is 28.4 Å². The van der Waals surface area contributed by atoms with Crippen LogP contribution in [0.4, 0.5) is 0 Å². The van der Waals surface area contributed by atoms with Crippen LogP contribution in [0.2, 0.25) is 0 Å². The summed E-state index contributed by atoms with van der Waals surface area (Å²) in [5.41, 5.74) is 3.43. The average molecular weight is 396 g/mol. The van der Waals surface area contributed by atoms with Crippen molar-refractivity contribution in [2.24, 2.45) is 0 Å². The van der Waals surface area contributed by atoms with Crippen molar-refractivity contribution < 1.29 is 9.21 Å². The summed E-state index contributed by atoms with van der Waals surface area (Å²) < 4.78 is 5.68. The Morgan fingerprint density at radius 1 is 1.04 bits per heavy atom. The third-order valence-corrected chi connectivity index (χ3v) is 5.13. The Labute approximate surface area is 170 Å². The van der Waals surface area contributed by atoms with Crippen LogP contribution < -0.4 is 5.32 Å². The molecule has 0 atom stereocenters. The van der Waals surface area contributed by atoms with Crippen LogP contribution in [0.5, 0.6) is 0 Å². The number of benzene rings is 2. The molecule has 0 aliphatic heterocycles. The van der Waals surface area contributed by atoms with Gasteiger partial charge in [-0.2, -0.15) is 0 Å². The molecule has 0 unspecified atom stereocenters. The number of hydrogen-bond donors (Lipinski definition) is 1. The first-order chi connectivity index (χ1) is 13.4. The molecule has 0 spiro atoms. The van der Waals surface area contributed by atoms with Gasteiger partial charge in [-0.1, -0.05) is 75.0 Å². The number of aromatic nitrogens is 2. The molecule has 0 saturated carbocycles. The fourth-order valence-corrected chi connectivity index (χ4v) is 3.26. The van der Waals surface area contributed by atoms with Gasteiger partial charge in [0, 0.05) is 12.1 Å². The van der Waals surface area contributed by atoms with Gasteiger partial charge in [0.25, 0.3) is 5.22 Å². The van der Waals surface area contributed by atoms with Crippen molar-refractivity contribution in [1.29, 1.82) is 0 Å². The maximum atomic E-state index is 12.0. The molecule has 2 aromatic carbocycles. The first kappa shape index (κ1) is 20.1. The van der Waals surface area contributed by atoms with Gasteiger partial charge in [0.2, 0.25) is 11.8 Å². The third-order valence-electron chi connectivity index (χ3n) is 4.31. The van der Waals surface area contributed by atoms with Crippen molar-refractivity contribution in [1.82, 2.24) is 15.5 Å². The van der Waals surface area contributed by atoms with Crippen molar-refractivity contribution in [2.45, 2.75) is 37.8 Å². The topological polar surface area (TPSA) is 68.0 Å². The molecule has 28 heavy (non-hydrogen) atoms. The molecule has 3 rings (SSSR count). The lowest BCUT2D eigenvalue weighted by Crippen LogP contribution is -2.27. The summed E-state index contributed by atoms with van der Waals surface area (Å²) in [6, 6.07) is 18.2. The highest BCUT2D eigenvalue weighted by Crippen LogP contribution is 2.27. The minimum atomic E-state index is -0.0461. The molecule has 1 aromatic heterocycles. The van der Waals surface area contributed by atoms with E-state index in [9.17, 15) is 4.79 Å². The Balaban J connectivity index is 1.47. The van der Waals surface area contributed by atoms with Gasteiger partial charge in [-0.25, -0.2) is 0 Å². The normalized spacial score (nSPS) is 11.4. The highest BCUT2D eigenvalue weighted by Gasteiger charge is 2.15. The van der Waals surface area contributed by atoms with Crippen molar-refractivity contribution in [2.75, 3.05) is 12.3 Å². The lowest BCUT2D eigenvalue weighted by molar-refractivity contribution is -0.118. The molecule has 1 N–H and O–H groups in total. The van der Waals surface area contributed by atoms with Crippen LogP contribution >= 0.6 is 11.8 Å². The van der Waals surface area contributed by atoms with Gasteiger partial charge < -0.3 is 9.73 Å². The highest BCUT2D eigenvalue weighted by molar-refractivity contribution is 7.99. The van der Waals surface area contributed by atoms with E-state index in [-0.39, 0.29) is 17.1 Å². The summed E-state index contributed by atoms with van der Waals surface area (Å²) in [6.07, 6.45) is 0.812. The van der Waals surface area contributed by atoms with E-state index in [0.717, 1.165) is 12.0 Å². The zero-order chi connectivity index (χ0) is 20.0. The van der Waals surface area contributed by atoms with Crippen molar-refractivity contribution >= 4 is 17.7 Å². The van der Waals surface area contributed by atoms with Crippen molar-refractivity contribution in [3.63, 3.8) is 0 Å². The second-order valence-electron chi connectivity index (χ2n) is 7.57. The number of rotatable bonds is 7. The zero-order valence-electron chi connectivity index (χ0n) is 16.4. The first-order valence-electron chi connectivity index (χ1n) is 9.30. The zero-order valence-corrected chi connectivity index (χ0v) is 17.3. The number of thioether (sulfide) groups is 1. The van der Waals surface area contributed by atoms with Gasteiger partial charge in [-0.15, -0.1) is 10.2 Å². The Morgan fingerprint density at radius 2 is 1.75 bits per heavy atom. The molecule has 0 fully saturated rings. The molecule has 5 nitrogen and oxygen atoms in total. The average Bonchev–Trinajstić information content (AvgIpc) is 3.16. The van der Waals surface area contributed by atoms with E-state index >= 15 is 0 Å². The first-order valence-corrected chi connectivity index (χ1v) is 10.3. The molecule has 1 heterocycles. The molecule has 0 saturated heterocycles. The van der Waals surface area contributed by atoms with Gasteiger partial charge in [0.1, 0.15) is 0 Å². The Morgan fingerprint density at radius 3 is 2.43 bits per heavy atom. The summed E-state index contributed by atoms with van der Waals surface area (Å²) in [7, 11) is 0. The van der Waals surface area contributed by atoms with Gasteiger partial charge >= 0.3 is 0 Å². The largest absolute Gasteiger partial charge is 0.411 e. The van der Waals surface area contributed by atoms with E-state index in [1.165, 1.54) is 22.9 Å². The summed E-state index contributed by atoms with van der Waals surface area (Å²) in [6.45, 7) is 7.13. The van der Waals surface area contributed by atoms with Gasteiger partial charge in [0.15, 0.2) is 0 Å². The number of nitrogens with zero attached hydrogens (tertiary/aromatic N) is 2. The summed E-state index contributed by atoms with van der Waals surface area (Å²) in [5.74, 6) is 0.669. The van der Waals surface area contributed by atoms with Crippen LogP contribution in [0.1, 0.15) is 31.9 Å². The van der Waals surface area contributed by atoms with Crippen LogP contribution in [-0.2, 0) is 16.6 Å². The molecule has 1 amide bonds. The smallest absolute Gasteiger partial charge is 0.277 e. The number of amides is 1. The number of hydrogen-bond acceptors (Lipinski definition) is 5. The van der Waals surface area contributed by atoms with E-state index in [1.807, 2.05) is 30.3 Å². The number of nitrogens with one attached hydrogen (secondary N) is 1. The Hall–Kier alpha value is -2.60. The Bertz CT molecular complexity index is 900. The molecule has 0 bridgehead atoms. The summed E-state index contributed by atoms with van der Waals surface area (Å²) >= 11 is 1.25. The lowest BCUT2D eigenvalue weighted by Gasteiger charge is -2.18. The molecular weight excluding hydrogens is 370 g/mol. The lowest BCUT2D eigenvalue weighted by atomic mass is 9.87. The van der Waals surface area contributed by atoms with E-state index in [4.69, 9.17) is 4.42 Å².